The highest BCUT2D eigenvalue weighted by Gasteiger charge is 2.34. The average Bonchev–Trinajstić information content (AvgIpc) is 2.25. The molecule has 0 saturated carbocycles. The van der Waals surface area contributed by atoms with Crippen molar-refractivity contribution >= 4 is 12.0 Å². The Hall–Kier alpha value is -2.33. The van der Waals surface area contributed by atoms with E-state index in [1.165, 1.54) is 0 Å². The molecule has 0 spiro atoms. The van der Waals surface area contributed by atoms with Crippen LogP contribution in [0.3, 0.4) is 0 Å². The van der Waals surface area contributed by atoms with Gasteiger partial charge in [-0.3, -0.25) is 14.9 Å². The molecule has 0 unspecified atom stereocenters. The van der Waals surface area contributed by atoms with E-state index < -0.39 is 40.5 Å². The van der Waals surface area contributed by atoms with Gasteiger partial charge in [0.2, 0.25) is 5.88 Å². The average molecular weight is 286 g/mol. The summed E-state index contributed by atoms with van der Waals surface area (Å²) < 4.78 is 63.9. The van der Waals surface area contributed by atoms with Gasteiger partial charge in [-0.05, 0) is 0 Å². The maximum atomic E-state index is 12.5. The molecule has 1 rings (SSSR count). The second-order valence-electron chi connectivity index (χ2n) is 3.00. The number of nitro groups is 1. The van der Waals surface area contributed by atoms with E-state index in [0.717, 1.165) is 0 Å². The van der Waals surface area contributed by atoms with Gasteiger partial charge in [-0.2, -0.15) is 0 Å². The Balaban J connectivity index is 3.45. The zero-order valence-corrected chi connectivity index (χ0v) is 8.65. The maximum Gasteiger partial charge on any atom is 0.574 e. The first-order valence-electron chi connectivity index (χ1n) is 4.34. The van der Waals surface area contributed by atoms with Gasteiger partial charge >= 0.3 is 6.36 Å². The lowest BCUT2D eigenvalue weighted by Crippen LogP contribution is -2.19. The smallest absolute Gasteiger partial charge is 0.388 e. The van der Waals surface area contributed by atoms with E-state index in [4.69, 9.17) is 0 Å². The number of pyridine rings is 1. The highest BCUT2D eigenvalue weighted by Crippen LogP contribution is 2.32. The van der Waals surface area contributed by atoms with Gasteiger partial charge in [-0.25, -0.2) is 13.8 Å². The first kappa shape index (κ1) is 14.7. The van der Waals surface area contributed by atoms with Crippen LogP contribution < -0.4 is 4.74 Å². The standard InChI is InChI=1S/C8H3F5N2O4/c9-7(10)6-3(2-16)4(15(17)18)1-5(14-6)19-8(11,12)13/h1-2,7H. The summed E-state index contributed by atoms with van der Waals surface area (Å²) in [6.07, 6.45) is -9.02. The quantitative estimate of drug-likeness (QED) is 0.368. The summed E-state index contributed by atoms with van der Waals surface area (Å²) in [5, 5.41) is 10.5. The zero-order chi connectivity index (χ0) is 14.8. The third-order valence-electron chi connectivity index (χ3n) is 1.78. The first-order chi connectivity index (χ1) is 8.65. The summed E-state index contributed by atoms with van der Waals surface area (Å²) in [7, 11) is 0. The van der Waals surface area contributed by atoms with E-state index in [1.807, 2.05) is 0 Å². The topological polar surface area (TPSA) is 82.3 Å². The lowest BCUT2D eigenvalue weighted by atomic mass is 10.2. The molecule has 19 heavy (non-hydrogen) atoms. The Morgan fingerprint density at radius 2 is 2.00 bits per heavy atom. The molecule has 0 aliphatic heterocycles. The zero-order valence-electron chi connectivity index (χ0n) is 8.65. The van der Waals surface area contributed by atoms with E-state index >= 15 is 0 Å². The highest BCUT2D eigenvalue weighted by atomic mass is 19.4. The second kappa shape index (κ2) is 5.12. The number of aromatic nitrogens is 1. The maximum absolute atomic E-state index is 12.5. The van der Waals surface area contributed by atoms with Crippen molar-refractivity contribution in [1.82, 2.24) is 4.98 Å². The number of ether oxygens (including phenoxy) is 1. The Morgan fingerprint density at radius 3 is 2.37 bits per heavy atom. The second-order valence-corrected chi connectivity index (χ2v) is 3.00. The summed E-state index contributed by atoms with van der Waals surface area (Å²) in [5.74, 6) is -1.44. The fraction of sp³-hybridized carbons (Fsp3) is 0.250. The molecular formula is C8H3F5N2O4. The number of halogens is 5. The van der Waals surface area contributed by atoms with Crippen LogP contribution in [0, 0.1) is 10.1 Å². The molecule has 104 valence electrons. The van der Waals surface area contributed by atoms with Crippen molar-refractivity contribution in [3.8, 4) is 5.88 Å². The van der Waals surface area contributed by atoms with Crippen LogP contribution in [0.2, 0.25) is 0 Å². The monoisotopic (exact) mass is 286 g/mol. The fourth-order valence-electron chi connectivity index (χ4n) is 1.15. The Kier molecular flexibility index (Phi) is 3.97. The van der Waals surface area contributed by atoms with Gasteiger partial charge in [0.25, 0.3) is 12.1 Å². The molecule has 1 heterocycles. The molecule has 1 aromatic heterocycles. The minimum atomic E-state index is -5.26. The molecule has 0 aliphatic carbocycles. The fourth-order valence-corrected chi connectivity index (χ4v) is 1.15. The van der Waals surface area contributed by atoms with Crippen LogP contribution in [0.15, 0.2) is 6.07 Å². The number of nitrogens with zero attached hydrogens (tertiary/aromatic N) is 2. The third kappa shape index (κ3) is 3.56. The van der Waals surface area contributed by atoms with Crippen molar-refractivity contribution in [1.29, 1.82) is 0 Å². The number of alkyl halides is 5. The molecule has 0 aromatic carbocycles. The SMILES string of the molecule is O=Cc1c([N+](=O)[O-])cc(OC(F)(F)F)nc1C(F)F. The van der Waals surface area contributed by atoms with Crippen LogP contribution in [0.1, 0.15) is 22.5 Å². The predicted molar refractivity (Wildman–Crippen MR) is 47.9 cm³/mol. The molecule has 0 amide bonds. The molecule has 0 atom stereocenters. The van der Waals surface area contributed by atoms with Crippen LogP contribution >= 0.6 is 0 Å². The van der Waals surface area contributed by atoms with Crippen molar-refractivity contribution in [2.75, 3.05) is 0 Å². The summed E-state index contributed by atoms with van der Waals surface area (Å²) in [4.78, 5) is 22.5. The molecular weight excluding hydrogens is 283 g/mol. The molecule has 0 bridgehead atoms. The van der Waals surface area contributed by atoms with E-state index in [1.54, 1.807) is 0 Å². The molecule has 11 heteroatoms. The number of hydrogen-bond donors (Lipinski definition) is 0. The van der Waals surface area contributed by atoms with Crippen LogP contribution in [0.4, 0.5) is 27.6 Å². The Labute approximate surface area is 101 Å². The number of aldehydes is 1. The van der Waals surface area contributed by atoms with E-state index in [0.29, 0.717) is 0 Å². The highest BCUT2D eigenvalue weighted by molar-refractivity contribution is 5.83. The number of carbonyl (C=O) groups excluding carboxylic acids is 1. The number of rotatable bonds is 4. The molecule has 0 fully saturated rings. The molecule has 0 radical (unpaired) electrons. The van der Waals surface area contributed by atoms with Crippen molar-refractivity contribution in [2.24, 2.45) is 0 Å². The number of hydrogen-bond acceptors (Lipinski definition) is 5. The normalized spacial score (nSPS) is 11.5. The van der Waals surface area contributed by atoms with Crippen LogP contribution in [-0.4, -0.2) is 22.6 Å². The predicted octanol–water partition coefficient (Wildman–Crippen LogP) is 2.64. The van der Waals surface area contributed by atoms with Gasteiger partial charge in [0.05, 0.1) is 11.0 Å². The summed E-state index contributed by atoms with van der Waals surface area (Å²) in [6, 6.07) is 0.142. The number of carbonyl (C=O) groups is 1. The molecule has 0 aliphatic rings. The van der Waals surface area contributed by atoms with Crippen LogP contribution in [0.5, 0.6) is 5.88 Å². The van der Waals surface area contributed by atoms with Crippen molar-refractivity contribution < 1.29 is 36.4 Å². The third-order valence-corrected chi connectivity index (χ3v) is 1.78. The Bertz CT molecular complexity index is 517. The lowest BCUT2D eigenvalue weighted by molar-refractivity contribution is -0.385. The first-order valence-corrected chi connectivity index (χ1v) is 4.34. The lowest BCUT2D eigenvalue weighted by Gasteiger charge is -2.10. The molecule has 1 aromatic rings. The molecule has 0 N–H and O–H groups in total. The summed E-state index contributed by atoms with van der Waals surface area (Å²) in [6.45, 7) is 0. The van der Waals surface area contributed by atoms with Crippen molar-refractivity contribution in [3.05, 3.63) is 27.4 Å². The molecule has 0 saturated heterocycles. The summed E-state index contributed by atoms with van der Waals surface area (Å²) in [5.41, 5.74) is -3.81. The van der Waals surface area contributed by atoms with Gasteiger partial charge in [0.1, 0.15) is 11.3 Å². The minimum Gasteiger partial charge on any atom is -0.388 e. The van der Waals surface area contributed by atoms with Gasteiger partial charge < -0.3 is 4.74 Å². The minimum absolute atomic E-state index is 0.142. The van der Waals surface area contributed by atoms with Crippen LogP contribution in [-0.2, 0) is 0 Å². The van der Waals surface area contributed by atoms with E-state index in [2.05, 4.69) is 9.72 Å². The van der Waals surface area contributed by atoms with Gasteiger partial charge in [0.15, 0.2) is 6.29 Å². The largest absolute Gasteiger partial charge is 0.574 e. The van der Waals surface area contributed by atoms with Crippen molar-refractivity contribution in [3.63, 3.8) is 0 Å². The van der Waals surface area contributed by atoms with Crippen molar-refractivity contribution in [2.45, 2.75) is 12.8 Å². The van der Waals surface area contributed by atoms with Gasteiger partial charge in [-0.1, -0.05) is 0 Å². The molecule has 6 nitrogen and oxygen atoms in total. The van der Waals surface area contributed by atoms with E-state index in [9.17, 15) is 36.9 Å². The van der Waals surface area contributed by atoms with Crippen LogP contribution in [0.25, 0.3) is 0 Å². The van der Waals surface area contributed by atoms with E-state index in [-0.39, 0.29) is 12.4 Å². The summed E-state index contributed by atoms with van der Waals surface area (Å²) >= 11 is 0. The van der Waals surface area contributed by atoms with Gasteiger partial charge in [0, 0.05) is 0 Å². The van der Waals surface area contributed by atoms with Gasteiger partial charge in [-0.15, -0.1) is 13.2 Å². The Morgan fingerprint density at radius 1 is 1.42 bits per heavy atom.